The molecule has 0 aromatic heterocycles. The number of aliphatic hydroxyl groups excluding tert-OH is 1. The number of carbonyl (C=O) groups is 1. The fraction of sp³-hybridized carbons (Fsp3) is 0.562. The first kappa shape index (κ1) is 15.7. The van der Waals surface area contributed by atoms with Crippen molar-refractivity contribution in [3.8, 4) is 0 Å². The first-order valence-corrected chi connectivity index (χ1v) is 7.26. The van der Waals surface area contributed by atoms with Crippen LogP contribution in [0.3, 0.4) is 0 Å². The monoisotopic (exact) mass is 263 g/mol. The van der Waals surface area contributed by atoms with E-state index < -0.39 is 6.61 Å². The second-order valence-corrected chi connectivity index (χ2v) is 4.81. The van der Waals surface area contributed by atoms with Gasteiger partial charge in [0.25, 0.3) is 5.91 Å². The predicted molar refractivity (Wildman–Crippen MR) is 79.3 cm³/mol. The Bertz CT molecular complexity index is 351. The van der Waals surface area contributed by atoms with E-state index in [1.165, 1.54) is 25.7 Å². The second-order valence-electron chi connectivity index (χ2n) is 4.81. The van der Waals surface area contributed by atoms with Gasteiger partial charge in [-0.25, -0.2) is 0 Å². The van der Waals surface area contributed by atoms with Crippen molar-refractivity contribution in [2.75, 3.05) is 18.1 Å². The number of nitrogens with zero attached hydrogens (tertiary/aromatic N) is 1. The Labute approximate surface area is 116 Å². The van der Waals surface area contributed by atoms with Gasteiger partial charge in [-0.05, 0) is 18.6 Å². The van der Waals surface area contributed by atoms with E-state index in [1.807, 2.05) is 30.3 Å². The number of anilines is 1. The van der Waals surface area contributed by atoms with Crippen LogP contribution >= 0.6 is 0 Å². The molecular formula is C16H25NO2. The van der Waals surface area contributed by atoms with Crippen LogP contribution in [0.25, 0.3) is 0 Å². The Balaban J connectivity index is 2.41. The molecular weight excluding hydrogens is 238 g/mol. The Morgan fingerprint density at radius 3 is 2.32 bits per heavy atom. The highest BCUT2D eigenvalue weighted by Gasteiger charge is 2.13. The molecule has 19 heavy (non-hydrogen) atoms. The van der Waals surface area contributed by atoms with E-state index in [0.29, 0.717) is 6.54 Å². The normalized spacial score (nSPS) is 10.4. The molecule has 0 saturated carbocycles. The van der Waals surface area contributed by atoms with Crippen LogP contribution in [0.2, 0.25) is 0 Å². The number of unbranched alkanes of at least 4 members (excludes halogenated alkanes) is 5. The minimum atomic E-state index is -0.426. The maximum atomic E-state index is 11.8. The number of amides is 1. The van der Waals surface area contributed by atoms with Crippen LogP contribution in [-0.2, 0) is 4.79 Å². The number of carbonyl (C=O) groups excluding carboxylic acids is 1. The topological polar surface area (TPSA) is 40.5 Å². The summed E-state index contributed by atoms with van der Waals surface area (Å²) in [6, 6.07) is 9.56. The number of rotatable bonds is 9. The third kappa shape index (κ3) is 5.88. The molecule has 0 saturated heterocycles. The van der Waals surface area contributed by atoms with Crippen molar-refractivity contribution in [1.29, 1.82) is 0 Å². The van der Waals surface area contributed by atoms with E-state index >= 15 is 0 Å². The van der Waals surface area contributed by atoms with Gasteiger partial charge in [0.15, 0.2) is 0 Å². The van der Waals surface area contributed by atoms with Gasteiger partial charge in [-0.3, -0.25) is 4.79 Å². The quantitative estimate of drug-likeness (QED) is 0.694. The van der Waals surface area contributed by atoms with Crippen LogP contribution in [0, 0.1) is 0 Å². The highest BCUT2D eigenvalue weighted by atomic mass is 16.3. The summed E-state index contributed by atoms with van der Waals surface area (Å²) in [4.78, 5) is 13.4. The predicted octanol–water partition coefficient (Wildman–Crippen LogP) is 3.37. The van der Waals surface area contributed by atoms with E-state index in [0.717, 1.165) is 18.5 Å². The molecule has 0 fully saturated rings. The SMILES string of the molecule is CCCCCCCCN(C(=O)CO)c1ccccc1. The molecule has 0 aliphatic rings. The van der Waals surface area contributed by atoms with E-state index in [-0.39, 0.29) is 5.91 Å². The first-order chi connectivity index (χ1) is 9.29. The smallest absolute Gasteiger partial charge is 0.252 e. The molecule has 1 rings (SSSR count). The Kier molecular flexibility index (Phi) is 7.91. The van der Waals surface area contributed by atoms with Crippen molar-refractivity contribution < 1.29 is 9.90 Å². The summed E-state index contributed by atoms with van der Waals surface area (Å²) >= 11 is 0. The largest absolute Gasteiger partial charge is 0.387 e. The van der Waals surface area contributed by atoms with Gasteiger partial charge in [0.05, 0.1) is 0 Å². The van der Waals surface area contributed by atoms with Crippen LogP contribution in [0.1, 0.15) is 45.4 Å². The minimum absolute atomic E-state index is 0.222. The molecule has 1 N–H and O–H groups in total. The van der Waals surface area contributed by atoms with Gasteiger partial charge in [-0.1, -0.05) is 57.2 Å². The highest BCUT2D eigenvalue weighted by Crippen LogP contribution is 2.15. The number of aliphatic hydroxyl groups is 1. The summed E-state index contributed by atoms with van der Waals surface area (Å²) in [7, 11) is 0. The van der Waals surface area contributed by atoms with Gasteiger partial charge in [0.2, 0.25) is 0 Å². The molecule has 0 aliphatic heterocycles. The molecule has 0 unspecified atom stereocenters. The van der Waals surface area contributed by atoms with Crippen molar-refractivity contribution in [3.63, 3.8) is 0 Å². The van der Waals surface area contributed by atoms with Crippen molar-refractivity contribution in [1.82, 2.24) is 0 Å². The third-order valence-electron chi connectivity index (χ3n) is 3.24. The number of hydrogen-bond acceptors (Lipinski definition) is 2. The lowest BCUT2D eigenvalue weighted by Crippen LogP contribution is -2.34. The third-order valence-corrected chi connectivity index (χ3v) is 3.24. The number of hydrogen-bond donors (Lipinski definition) is 1. The second kappa shape index (κ2) is 9.56. The number of para-hydroxylation sites is 1. The molecule has 0 radical (unpaired) electrons. The zero-order valence-corrected chi connectivity index (χ0v) is 11.8. The summed E-state index contributed by atoms with van der Waals surface area (Å²) in [5, 5.41) is 9.05. The van der Waals surface area contributed by atoms with E-state index in [1.54, 1.807) is 4.90 Å². The fourth-order valence-corrected chi connectivity index (χ4v) is 2.14. The lowest BCUT2D eigenvalue weighted by atomic mass is 10.1. The summed E-state index contributed by atoms with van der Waals surface area (Å²) in [6.07, 6.45) is 7.17. The molecule has 3 heteroatoms. The molecule has 3 nitrogen and oxygen atoms in total. The van der Waals surface area contributed by atoms with Crippen molar-refractivity contribution in [2.45, 2.75) is 45.4 Å². The van der Waals surface area contributed by atoms with Gasteiger partial charge in [-0.15, -0.1) is 0 Å². The molecule has 0 bridgehead atoms. The molecule has 0 heterocycles. The Morgan fingerprint density at radius 2 is 1.68 bits per heavy atom. The average molecular weight is 263 g/mol. The van der Waals surface area contributed by atoms with E-state index in [2.05, 4.69) is 6.92 Å². The number of benzene rings is 1. The van der Waals surface area contributed by atoms with Gasteiger partial charge in [-0.2, -0.15) is 0 Å². The fourth-order valence-electron chi connectivity index (χ4n) is 2.14. The zero-order chi connectivity index (χ0) is 13.9. The highest BCUT2D eigenvalue weighted by molar-refractivity contribution is 5.94. The van der Waals surface area contributed by atoms with Crippen molar-refractivity contribution in [3.05, 3.63) is 30.3 Å². The van der Waals surface area contributed by atoms with Crippen molar-refractivity contribution >= 4 is 11.6 Å². The van der Waals surface area contributed by atoms with Crippen LogP contribution in [-0.4, -0.2) is 24.2 Å². The molecule has 1 aromatic carbocycles. The summed E-state index contributed by atoms with van der Waals surface area (Å²) in [6.45, 7) is 2.47. The maximum Gasteiger partial charge on any atom is 0.252 e. The van der Waals surface area contributed by atoms with Crippen LogP contribution in [0.4, 0.5) is 5.69 Å². The molecule has 0 atom stereocenters. The van der Waals surface area contributed by atoms with Gasteiger partial charge in [0.1, 0.15) is 6.61 Å². The van der Waals surface area contributed by atoms with Gasteiger partial charge in [0, 0.05) is 12.2 Å². The van der Waals surface area contributed by atoms with Gasteiger partial charge >= 0.3 is 0 Å². The molecule has 1 amide bonds. The van der Waals surface area contributed by atoms with Crippen molar-refractivity contribution in [2.24, 2.45) is 0 Å². The van der Waals surface area contributed by atoms with Crippen LogP contribution < -0.4 is 4.90 Å². The minimum Gasteiger partial charge on any atom is -0.387 e. The molecule has 0 aliphatic carbocycles. The summed E-state index contributed by atoms with van der Waals surface area (Å²) in [5.74, 6) is -0.222. The van der Waals surface area contributed by atoms with Crippen LogP contribution in [0.15, 0.2) is 30.3 Å². The molecule has 0 spiro atoms. The van der Waals surface area contributed by atoms with E-state index in [4.69, 9.17) is 5.11 Å². The summed E-state index contributed by atoms with van der Waals surface area (Å²) < 4.78 is 0. The Hall–Kier alpha value is -1.35. The van der Waals surface area contributed by atoms with E-state index in [9.17, 15) is 4.79 Å². The van der Waals surface area contributed by atoms with Gasteiger partial charge < -0.3 is 10.0 Å². The van der Waals surface area contributed by atoms with Crippen LogP contribution in [0.5, 0.6) is 0 Å². The lowest BCUT2D eigenvalue weighted by Gasteiger charge is -2.21. The first-order valence-electron chi connectivity index (χ1n) is 7.26. The summed E-state index contributed by atoms with van der Waals surface area (Å²) in [5.41, 5.74) is 0.870. The molecule has 106 valence electrons. The lowest BCUT2D eigenvalue weighted by molar-refractivity contribution is -0.121. The standard InChI is InChI=1S/C16H25NO2/c1-2-3-4-5-6-10-13-17(16(19)14-18)15-11-8-7-9-12-15/h7-9,11-12,18H,2-6,10,13-14H2,1H3. The average Bonchev–Trinajstić information content (AvgIpc) is 2.47. The molecule has 1 aromatic rings. The maximum absolute atomic E-state index is 11.8. The zero-order valence-electron chi connectivity index (χ0n) is 11.8. The Morgan fingerprint density at radius 1 is 1.05 bits per heavy atom.